The first-order valence-corrected chi connectivity index (χ1v) is 9.81. The molecule has 0 aliphatic rings. The van der Waals surface area contributed by atoms with Crippen molar-refractivity contribution < 1.29 is 13.2 Å². The van der Waals surface area contributed by atoms with Crippen molar-refractivity contribution in [3.63, 3.8) is 0 Å². The first-order chi connectivity index (χ1) is 9.33. The van der Waals surface area contributed by atoms with Crippen LogP contribution in [0.3, 0.4) is 0 Å². The third-order valence-corrected chi connectivity index (χ3v) is 4.62. The van der Waals surface area contributed by atoms with Crippen LogP contribution in [-0.2, 0) is 14.6 Å². The van der Waals surface area contributed by atoms with Gasteiger partial charge >= 0.3 is 0 Å². The summed E-state index contributed by atoms with van der Waals surface area (Å²) in [5.74, 6) is 0.369. The van der Waals surface area contributed by atoms with Gasteiger partial charge in [-0.1, -0.05) is 37.3 Å². The minimum absolute atomic E-state index is 0.0886. The quantitative estimate of drug-likeness (QED) is 0.834. The van der Waals surface area contributed by atoms with Gasteiger partial charge < -0.3 is 5.32 Å². The lowest BCUT2D eigenvalue weighted by molar-refractivity contribution is -0.124. The molecule has 1 aromatic carbocycles. The van der Waals surface area contributed by atoms with Crippen molar-refractivity contribution in [1.82, 2.24) is 5.32 Å². The molecule has 0 aliphatic carbocycles. The maximum atomic E-state index is 12.1. The predicted molar refractivity (Wildman–Crippen MR) is 84.6 cm³/mol. The molecule has 4 nitrogen and oxygen atoms in total. The second kappa shape index (κ2) is 7.69. The fraction of sp³-hybridized carbons (Fsp3) is 0.500. The van der Waals surface area contributed by atoms with Gasteiger partial charge in [0.1, 0.15) is 9.84 Å². The Balaban J connectivity index is 2.87. The molecule has 1 aromatic rings. The minimum Gasteiger partial charge on any atom is -0.348 e. The second-order valence-corrected chi connectivity index (χ2v) is 8.02. The Morgan fingerprint density at radius 1 is 1.30 bits per heavy atom. The number of carbonyl (C=O) groups is 1. The summed E-state index contributed by atoms with van der Waals surface area (Å²) in [5, 5.41) is 2.84. The van der Waals surface area contributed by atoms with E-state index >= 15 is 0 Å². The first-order valence-electron chi connectivity index (χ1n) is 6.35. The Kier molecular flexibility index (Phi) is 6.55. The van der Waals surface area contributed by atoms with Crippen molar-refractivity contribution in [3.8, 4) is 0 Å². The zero-order valence-corrected chi connectivity index (χ0v) is 13.6. The second-order valence-electron chi connectivity index (χ2n) is 4.92. The number of amides is 1. The van der Waals surface area contributed by atoms with Gasteiger partial charge in [0.05, 0.1) is 11.8 Å². The summed E-state index contributed by atoms with van der Waals surface area (Å²) >= 11 is 1.60. The normalized spacial score (nSPS) is 14.6. The smallest absolute Gasteiger partial charge is 0.224 e. The largest absolute Gasteiger partial charge is 0.348 e. The topological polar surface area (TPSA) is 63.2 Å². The Bertz CT molecular complexity index is 529. The van der Waals surface area contributed by atoms with Crippen LogP contribution in [0.4, 0.5) is 0 Å². The summed E-state index contributed by atoms with van der Waals surface area (Å²) in [6.45, 7) is 1.84. The molecule has 6 heteroatoms. The molecule has 1 amide bonds. The molecule has 0 aromatic heterocycles. The van der Waals surface area contributed by atoms with E-state index in [9.17, 15) is 13.2 Å². The number of carbonyl (C=O) groups excluding carboxylic acids is 1. The lowest BCUT2D eigenvalue weighted by Crippen LogP contribution is -2.37. The minimum atomic E-state index is -3.18. The van der Waals surface area contributed by atoms with Crippen molar-refractivity contribution in [1.29, 1.82) is 0 Å². The summed E-state index contributed by atoms with van der Waals surface area (Å²) in [6.07, 6.45) is 3.12. The number of sulfone groups is 1. The number of rotatable bonds is 7. The van der Waals surface area contributed by atoms with Gasteiger partial charge in [-0.2, -0.15) is 11.8 Å². The van der Waals surface area contributed by atoms with Crippen molar-refractivity contribution >= 4 is 27.5 Å². The van der Waals surface area contributed by atoms with E-state index in [0.29, 0.717) is 5.75 Å². The fourth-order valence-electron chi connectivity index (χ4n) is 1.85. The SMILES string of the molecule is CSC[C@H](C)C(=O)N[C@@H](CS(C)(=O)=O)c1ccccc1. The third kappa shape index (κ3) is 5.96. The Morgan fingerprint density at radius 3 is 2.40 bits per heavy atom. The summed E-state index contributed by atoms with van der Waals surface area (Å²) < 4.78 is 23.1. The molecule has 0 saturated carbocycles. The molecule has 1 N–H and O–H groups in total. The predicted octanol–water partition coefficient (Wildman–Crippen LogP) is 1.89. The molecule has 0 spiro atoms. The maximum Gasteiger partial charge on any atom is 0.224 e. The van der Waals surface area contributed by atoms with Crippen LogP contribution in [0.15, 0.2) is 30.3 Å². The van der Waals surface area contributed by atoms with Crippen molar-refractivity contribution in [2.75, 3.05) is 24.0 Å². The zero-order chi connectivity index (χ0) is 15.2. The Labute approximate surface area is 125 Å². The van der Waals surface area contributed by atoms with Gasteiger partial charge in [0, 0.05) is 17.9 Å². The van der Waals surface area contributed by atoms with Crippen molar-refractivity contribution in [3.05, 3.63) is 35.9 Å². The van der Waals surface area contributed by atoms with Gasteiger partial charge in [-0.15, -0.1) is 0 Å². The summed E-state index contributed by atoms with van der Waals surface area (Å²) in [6, 6.07) is 8.69. The summed E-state index contributed by atoms with van der Waals surface area (Å²) in [5.41, 5.74) is 0.808. The van der Waals surface area contributed by atoms with Crippen LogP contribution in [0.25, 0.3) is 0 Å². The molecule has 112 valence electrons. The van der Waals surface area contributed by atoms with E-state index in [1.54, 1.807) is 11.8 Å². The molecular formula is C14H21NO3S2. The van der Waals surface area contributed by atoms with Crippen LogP contribution in [-0.4, -0.2) is 38.3 Å². The number of hydrogen-bond acceptors (Lipinski definition) is 4. The van der Waals surface area contributed by atoms with Crippen molar-refractivity contribution in [2.24, 2.45) is 5.92 Å². The first kappa shape index (κ1) is 17.0. The molecule has 0 bridgehead atoms. The highest BCUT2D eigenvalue weighted by atomic mass is 32.2. The van der Waals surface area contributed by atoms with Gasteiger partial charge in [0.15, 0.2) is 0 Å². The van der Waals surface area contributed by atoms with Crippen LogP contribution in [0.5, 0.6) is 0 Å². The van der Waals surface area contributed by atoms with Crippen molar-refractivity contribution in [2.45, 2.75) is 13.0 Å². The molecule has 0 saturated heterocycles. The van der Waals surface area contributed by atoms with Crippen LogP contribution in [0.2, 0.25) is 0 Å². The van der Waals surface area contributed by atoms with E-state index in [-0.39, 0.29) is 17.6 Å². The average Bonchev–Trinajstić information content (AvgIpc) is 2.37. The number of benzene rings is 1. The lowest BCUT2D eigenvalue weighted by Gasteiger charge is -2.20. The van der Waals surface area contributed by atoms with Crippen LogP contribution >= 0.6 is 11.8 Å². The molecule has 1 rings (SSSR count). The van der Waals surface area contributed by atoms with E-state index in [1.807, 2.05) is 43.5 Å². The number of nitrogens with one attached hydrogen (secondary N) is 1. The number of hydrogen-bond donors (Lipinski definition) is 1. The van der Waals surface area contributed by atoms with E-state index in [1.165, 1.54) is 6.26 Å². The van der Waals surface area contributed by atoms with Gasteiger partial charge in [-0.25, -0.2) is 8.42 Å². The average molecular weight is 315 g/mol. The molecule has 0 fully saturated rings. The Morgan fingerprint density at radius 2 is 1.90 bits per heavy atom. The third-order valence-electron chi connectivity index (χ3n) is 2.85. The standard InChI is InChI=1S/C14H21NO3S2/c1-11(9-19-2)14(16)15-13(10-20(3,17)18)12-7-5-4-6-8-12/h4-8,11,13H,9-10H2,1-3H3,(H,15,16)/t11-,13-/m0/s1. The van der Waals surface area contributed by atoms with E-state index < -0.39 is 15.9 Å². The highest BCUT2D eigenvalue weighted by Gasteiger charge is 2.22. The highest BCUT2D eigenvalue weighted by Crippen LogP contribution is 2.16. The van der Waals surface area contributed by atoms with E-state index in [4.69, 9.17) is 0 Å². The van der Waals surface area contributed by atoms with E-state index in [2.05, 4.69) is 5.32 Å². The summed E-state index contributed by atoms with van der Waals surface area (Å²) in [7, 11) is -3.18. The molecule has 20 heavy (non-hydrogen) atoms. The highest BCUT2D eigenvalue weighted by molar-refractivity contribution is 7.98. The fourth-order valence-corrected chi connectivity index (χ4v) is 3.38. The molecule has 0 aliphatic heterocycles. The lowest BCUT2D eigenvalue weighted by atomic mass is 10.1. The van der Waals surface area contributed by atoms with Crippen LogP contribution < -0.4 is 5.32 Å². The zero-order valence-electron chi connectivity index (χ0n) is 12.0. The molecule has 2 atom stereocenters. The van der Waals surface area contributed by atoms with E-state index in [0.717, 1.165) is 5.56 Å². The van der Waals surface area contributed by atoms with Gasteiger partial charge in [0.2, 0.25) is 5.91 Å². The Hall–Kier alpha value is -1.01. The van der Waals surface area contributed by atoms with Crippen LogP contribution in [0.1, 0.15) is 18.5 Å². The number of thioether (sulfide) groups is 1. The monoisotopic (exact) mass is 315 g/mol. The van der Waals surface area contributed by atoms with Gasteiger partial charge in [0.25, 0.3) is 0 Å². The molecule has 0 heterocycles. The van der Waals surface area contributed by atoms with Gasteiger partial charge in [-0.3, -0.25) is 4.79 Å². The summed E-state index contributed by atoms with van der Waals surface area (Å²) in [4.78, 5) is 12.1. The molecule has 0 unspecified atom stereocenters. The van der Waals surface area contributed by atoms with Gasteiger partial charge in [-0.05, 0) is 11.8 Å². The van der Waals surface area contributed by atoms with Crippen LogP contribution in [0, 0.1) is 5.92 Å². The molecule has 0 radical (unpaired) electrons. The molecular weight excluding hydrogens is 294 g/mol. The maximum absolute atomic E-state index is 12.1.